The third-order valence-electron chi connectivity index (χ3n) is 11.3. The number of nitrogens with zero attached hydrogens (tertiary/aromatic N) is 8. The van der Waals surface area contributed by atoms with Gasteiger partial charge in [0.2, 0.25) is 0 Å². The molecular weight excluding hydrogens is 817 g/mol. The van der Waals surface area contributed by atoms with Crippen molar-refractivity contribution in [3.05, 3.63) is 132 Å². The Hall–Kier alpha value is -7.08. The Morgan fingerprint density at radius 1 is 0.667 bits per heavy atom. The number of aromatic nitrogens is 8. The molecule has 8 aromatic rings. The maximum Gasteiger partial charge on any atom is 0.257 e. The molecule has 0 bridgehead atoms. The Kier molecular flexibility index (Phi) is 12.1. The lowest BCUT2D eigenvalue weighted by molar-refractivity contribution is 0.0834. The van der Waals surface area contributed by atoms with Crippen molar-refractivity contribution in [2.45, 2.75) is 50.9 Å². The number of amides is 2. The summed E-state index contributed by atoms with van der Waals surface area (Å²) in [4.78, 5) is 53.2. The second kappa shape index (κ2) is 18.5. The standard InChI is InChI=1S/C23H24N6O2S.C23H22N6O2/c1-2-17-13-26-23(32-17)28-22(30)16-5-3-14(4-6-16)18-19-20(24)25-9-10-29(19)21(27-18)15-7-11-31-12-8-15;24-21-20-19(28-22(29(20)12-11-26-21)16-8-13-31-14-9-16)15-4-6-17(7-5-15)23(30)27-18-3-1-2-10-25-18/h3-6,9-10,13,15H,2,7-8,11-12H2,1H3,(H2,24,25)(H,26,28,30);1-7,10-12,16H,8-9,13-14H2,(H2,24,26)(H,25,27,30). The van der Waals surface area contributed by atoms with Crippen molar-refractivity contribution in [1.29, 1.82) is 0 Å². The third-order valence-corrected chi connectivity index (χ3v) is 12.3. The highest BCUT2D eigenvalue weighted by molar-refractivity contribution is 7.15. The molecule has 2 aliphatic heterocycles. The molecule has 17 heteroatoms. The van der Waals surface area contributed by atoms with Gasteiger partial charge < -0.3 is 26.3 Å². The van der Waals surface area contributed by atoms with E-state index in [4.69, 9.17) is 30.9 Å². The second-order valence-electron chi connectivity index (χ2n) is 15.2. The van der Waals surface area contributed by atoms with Gasteiger partial charge in [0.1, 0.15) is 51.5 Å². The fourth-order valence-corrected chi connectivity index (χ4v) is 8.69. The molecule has 0 saturated carbocycles. The number of thiazole rings is 1. The molecule has 2 amide bonds. The highest BCUT2D eigenvalue weighted by atomic mass is 32.1. The third kappa shape index (κ3) is 8.84. The van der Waals surface area contributed by atoms with Crippen molar-refractivity contribution in [2.24, 2.45) is 0 Å². The number of pyridine rings is 1. The van der Waals surface area contributed by atoms with Gasteiger partial charge in [0.25, 0.3) is 11.8 Å². The van der Waals surface area contributed by atoms with Gasteiger partial charge in [0.05, 0.1) is 0 Å². The number of fused-ring (bicyclic) bond motifs is 2. The zero-order chi connectivity index (χ0) is 43.3. The molecule has 0 unspecified atom stereocenters. The molecule has 0 spiro atoms. The number of hydrogen-bond acceptors (Lipinski definition) is 13. The highest BCUT2D eigenvalue weighted by Gasteiger charge is 2.26. The van der Waals surface area contributed by atoms with Crippen molar-refractivity contribution in [1.82, 2.24) is 38.7 Å². The first-order valence-corrected chi connectivity index (χ1v) is 21.8. The van der Waals surface area contributed by atoms with Crippen LogP contribution in [0.4, 0.5) is 22.6 Å². The number of nitrogens with one attached hydrogen (secondary N) is 2. The van der Waals surface area contributed by atoms with Crippen LogP contribution in [0.25, 0.3) is 33.5 Å². The molecule has 0 radical (unpaired) electrons. The van der Waals surface area contributed by atoms with Crippen molar-refractivity contribution >= 4 is 56.8 Å². The lowest BCUT2D eigenvalue weighted by atomic mass is 9.99. The van der Waals surface area contributed by atoms with E-state index in [-0.39, 0.29) is 11.8 Å². The van der Waals surface area contributed by atoms with Crippen LogP contribution in [0.2, 0.25) is 0 Å². The minimum absolute atomic E-state index is 0.188. The fraction of sp³-hybridized carbons (Fsp3) is 0.261. The number of anilines is 4. The molecule has 0 atom stereocenters. The zero-order valence-corrected chi connectivity index (χ0v) is 35.4. The number of carbonyl (C=O) groups excluding carboxylic acids is 2. The summed E-state index contributed by atoms with van der Waals surface area (Å²) in [7, 11) is 0. The van der Waals surface area contributed by atoms with E-state index in [2.05, 4.69) is 37.5 Å². The maximum atomic E-state index is 12.6. The van der Waals surface area contributed by atoms with E-state index in [9.17, 15) is 9.59 Å². The van der Waals surface area contributed by atoms with Gasteiger partial charge in [-0.25, -0.2) is 29.9 Å². The van der Waals surface area contributed by atoms with Crippen LogP contribution in [0.15, 0.2) is 104 Å². The molecule has 63 heavy (non-hydrogen) atoms. The van der Waals surface area contributed by atoms with Crippen LogP contribution < -0.4 is 22.1 Å². The molecule has 320 valence electrons. The van der Waals surface area contributed by atoms with Gasteiger partial charge in [0.15, 0.2) is 5.13 Å². The lowest BCUT2D eigenvalue weighted by Gasteiger charge is -2.20. The molecular formula is C46H46N12O4S. The molecule has 8 heterocycles. The Balaban J connectivity index is 0.000000160. The normalized spacial score (nSPS) is 14.6. The number of nitrogens with two attached hydrogens (primary N) is 2. The highest BCUT2D eigenvalue weighted by Crippen LogP contribution is 2.36. The number of carbonyl (C=O) groups is 2. The first-order valence-electron chi connectivity index (χ1n) is 20.9. The van der Waals surface area contributed by atoms with Gasteiger partial charge in [-0.1, -0.05) is 37.3 Å². The van der Waals surface area contributed by atoms with Gasteiger partial charge >= 0.3 is 0 Å². The van der Waals surface area contributed by atoms with Crippen LogP contribution in [0, 0.1) is 0 Å². The largest absolute Gasteiger partial charge is 0.382 e. The molecule has 2 fully saturated rings. The average molecular weight is 863 g/mol. The summed E-state index contributed by atoms with van der Waals surface area (Å²) in [5.74, 6) is 3.53. The monoisotopic (exact) mass is 862 g/mol. The summed E-state index contributed by atoms with van der Waals surface area (Å²) in [6.07, 6.45) is 15.2. The topological polar surface area (TPSA) is 215 Å². The molecule has 6 N–H and O–H groups in total. The minimum atomic E-state index is -0.218. The number of imidazole rings is 2. The van der Waals surface area contributed by atoms with Crippen molar-refractivity contribution in [2.75, 3.05) is 48.5 Å². The Morgan fingerprint density at radius 3 is 1.63 bits per heavy atom. The van der Waals surface area contributed by atoms with Crippen LogP contribution >= 0.6 is 11.3 Å². The van der Waals surface area contributed by atoms with E-state index >= 15 is 0 Å². The van der Waals surface area contributed by atoms with Gasteiger partial charge in [-0.3, -0.25) is 23.7 Å². The summed E-state index contributed by atoms with van der Waals surface area (Å²) < 4.78 is 15.1. The number of ether oxygens (including phenoxy) is 2. The first-order chi connectivity index (χ1) is 30.8. The van der Waals surface area contributed by atoms with E-state index in [0.29, 0.717) is 45.5 Å². The van der Waals surface area contributed by atoms with Gasteiger partial charge in [-0.2, -0.15) is 0 Å². The number of aryl methyl sites for hydroxylation is 1. The molecule has 2 aliphatic rings. The zero-order valence-electron chi connectivity index (χ0n) is 34.6. The van der Waals surface area contributed by atoms with Crippen LogP contribution in [0.3, 0.4) is 0 Å². The van der Waals surface area contributed by atoms with E-state index in [0.717, 1.165) is 109 Å². The molecule has 10 rings (SSSR count). The van der Waals surface area contributed by atoms with Crippen LogP contribution in [0.1, 0.15) is 81.7 Å². The Morgan fingerprint density at radius 2 is 1.17 bits per heavy atom. The lowest BCUT2D eigenvalue weighted by Crippen LogP contribution is -2.16. The Labute approximate surface area is 366 Å². The summed E-state index contributed by atoms with van der Waals surface area (Å²) in [6.45, 7) is 4.99. The first kappa shape index (κ1) is 41.3. The van der Waals surface area contributed by atoms with Crippen LogP contribution in [0.5, 0.6) is 0 Å². The predicted octanol–water partition coefficient (Wildman–Crippen LogP) is 7.66. The van der Waals surface area contributed by atoms with Gasteiger partial charge in [-0.05, 0) is 68.5 Å². The van der Waals surface area contributed by atoms with Crippen LogP contribution in [-0.4, -0.2) is 76.9 Å². The molecule has 2 saturated heterocycles. The number of benzene rings is 2. The molecule has 6 aromatic heterocycles. The second-order valence-corrected chi connectivity index (χ2v) is 16.4. The van der Waals surface area contributed by atoms with Crippen molar-refractivity contribution in [3.63, 3.8) is 0 Å². The van der Waals surface area contributed by atoms with E-state index in [1.165, 1.54) is 11.3 Å². The molecule has 16 nitrogen and oxygen atoms in total. The summed E-state index contributed by atoms with van der Waals surface area (Å²) in [5, 5.41) is 6.26. The number of nitrogen functional groups attached to an aromatic ring is 2. The number of hydrogen-bond donors (Lipinski definition) is 4. The van der Waals surface area contributed by atoms with Gasteiger partial charge in [-0.15, -0.1) is 11.3 Å². The summed E-state index contributed by atoms with van der Waals surface area (Å²) in [6, 6.07) is 20.1. The smallest absolute Gasteiger partial charge is 0.257 e. The molecule has 2 aromatic carbocycles. The van der Waals surface area contributed by atoms with Crippen molar-refractivity contribution in [3.8, 4) is 22.5 Å². The van der Waals surface area contributed by atoms with Crippen LogP contribution in [-0.2, 0) is 15.9 Å². The molecule has 0 aliphatic carbocycles. The van der Waals surface area contributed by atoms with Crippen molar-refractivity contribution < 1.29 is 19.1 Å². The predicted molar refractivity (Wildman–Crippen MR) is 243 cm³/mol. The summed E-state index contributed by atoms with van der Waals surface area (Å²) >= 11 is 1.49. The number of rotatable bonds is 9. The minimum Gasteiger partial charge on any atom is -0.382 e. The average Bonchev–Trinajstić information content (AvgIpc) is 4.07. The summed E-state index contributed by atoms with van der Waals surface area (Å²) in [5.41, 5.74) is 18.5. The fourth-order valence-electron chi connectivity index (χ4n) is 7.95. The van der Waals surface area contributed by atoms with E-state index in [1.807, 2.05) is 51.5 Å². The van der Waals surface area contributed by atoms with E-state index in [1.54, 1.807) is 61.2 Å². The SMILES string of the molecule is CCc1cnc(NC(=O)c2ccc(-c3nc(C4CCOCC4)n4ccnc(N)c34)cc2)s1.Nc1nccn2c(C3CCOCC3)nc(-c3ccc(C(=O)Nc4ccccn4)cc3)c12. The maximum absolute atomic E-state index is 12.6. The Bertz CT molecular complexity index is 2870. The quantitative estimate of drug-likeness (QED) is 0.110. The van der Waals surface area contributed by atoms with Gasteiger partial charge in [0, 0.05) is 103 Å². The van der Waals surface area contributed by atoms with E-state index < -0.39 is 0 Å².